The fourth-order valence-corrected chi connectivity index (χ4v) is 4.52. The molecule has 3 aromatic rings. The van der Waals surface area contributed by atoms with E-state index in [0.29, 0.717) is 12.0 Å². The van der Waals surface area contributed by atoms with Crippen LogP contribution in [0.1, 0.15) is 16.8 Å². The van der Waals surface area contributed by atoms with Crippen LogP contribution in [0, 0.1) is 12.7 Å². The molecule has 2 aromatic carbocycles. The van der Waals surface area contributed by atoms with Crippen molar-refractivity contribution >= 4 is 21.4 Å². The van der Waals surface area contributed by atoms with Gasteiger partial charge in [0.2, 0.25) is 10.0 Å². The van der Waals surface area contributed by atoms with Crippen molar-refractivity contribution in [3.05, 3.63) is 76.5 Å². The standard InChI is InChI=1S/C19H19FN2O2S2/c1-14-3-2-4-16(11-14)19-22-18(12-25-19)9-10-21-26(23,24)13-15-5-7-17(20)8-6-15/h2-8,11-12,21H,9-10,13H2,1H3. The van der Waals surface area contributed by atoms with Gasteiger partial charge in [0.1, 0.15) is 10.8 Å². The van der Waals surface area contributed by atoms with Crippen LogP contribution in [-0.4, -0.2) is 19.9 Å². The zero-order valence-electron chi connectivity index (χ0n) is 14.3. The summed E-state index contributed by atoms with van der Waals surface area (Å²) in [4.78, 5) is 4.58. The molecule has 1 N–H and O–H groups in total. The monoisotopic (exact) mass is 390 g/mol. The van der Waals surface area contributed by atoms with Crippen molar-refractivity contribution in [1.82, 2.24) is 9.71 Å². The predicted molar refractivity (Wildman–Crippen MR) is 103 cm³/mol. The molecule has 0 bridgehead atoms. The van der Waals surface area contributed by atoms with E-state index >= 15 is 0 Å². The number of hydrogen-bond donors (Lipinski definition) is 1. The number of benzene rings is 2. The molecule has 0 fully saturated rings. The maximum Gasteiger partial charge on any atom is 0.215 e. The van der Waals surface area contributed by atoms with E-state index in [1.165, 1.54) is 29.8 Å². The molecule has 0 aliphatic carbocycles. The van der Waals surface area contributed by atoms with Gasteiger partial charge in [-0.3, -0.25) is 0 Å². The lowest BCUT2D eigenvalue weighted by Gasteiger charge is -2.06. The number of aromatic nitrogens is 1. The quantitative estimate of drug-likeness (QED) is 0.665. The van der Waals surface area contributed by atoms with Gasteiger partial charge in [0.25, 0.3) is 0 Å². The minimum absolute atomic E-state index is 0.168. The molecule has 0 atom stereocenters. The Labute approximate surface area is 156 Å². The van der Waals surface area contributed by atoms with Gasteiger partial charge in [-0.15, -0.1) is 11.3 Å². The summed E-state index contributed by atoms with van der Waals surface area (Å²) in [6.45, 7) is 2.31. The predicted octanol–water partition coefficient (Wildman–Crippen LogP) is 3.92. The van der Waals surface area contributed by atoms with E-state index in [2.05, 4.69) is 15.8 Å². The van der Waals surface area contributed by atoms with E-state index in [1.54, 1.807) is 11.3 Å². The second kappa shape index (κ2) is 8.07. The molecule has 136 valence electrons. The molecule has 7 heteroatoms. The molecule has 0 radical (unpaired) electrons. The third-order valence-electron chi connectivity index (χ3n) is 3.79. The van der Waals surface area contributed by atoms with Gasteiger partial charge in [0.05, 0.1) is 11.4 Å². The number of nitrogens with one attached hydrogen (secondary N) is 1. The van der Waals surface area contributed by atoms with Gasteiger partial charge in [-0.05, 0) is 30.7 Å². The highest BCUT2D eigenvalue weighted by atomic mass is 32.2. The first-order valence-corrected chi connectivity index (χ1v) is 10.7. The van der Waals surface area contributed by atoms with Crippen LogP contribution < -0.4 is 4.72 Å². The SMILES string of the molecule is Cc1cccc(-c2nc(CCNS(=O)(=O)Cc3ccc(F)cc3)cs2)c1. The van der Waals surface area contributed by atoms with E-state index in [0.717, 1.165) is 16.3 Å². The number of halogens is 1. The second-order valence-electron chi connectivity index (χ2n) is 6.04. The third kappa shape index (κ3) is 5.20. The summed E-state index contributed by atoms with van der Waals surface area (Å²) in [5.41, 5.74) is 3.65. The van der Waals surface area contributed by atoms with Crippen molar-refractivity contribution in [2.75, 3.05) is 6.54 Å². The van der Waals surface area contributed by atoms with E-state index in [9.17, 15) is 12.8 Å². The average molecular weight is 391 g/mol. The Morgan fingerprint density at radius 1 is 1.15 bits per heavy atom. The molecule has 0 amide bonds. The van der Waals surface area contributed by atoms with Crippen LogP contribution in [-0.2, 0) is 22.2 Å². The Kier molecular flexibility index (Phi) is 5.80. The molecule has 0 unspecified atom stereocenters. The molecule has 1 aromatic heterocycles. The number of rotatable bonds is 7. The van der Waals surface area contributed by atoms with Crippen molar-refractivity contribution in [3.63, 3.8) is 0 Å². The number of nitrogens with zero attached hydrogens (tertiary/aromatic N) is 1. The first-order chi connectivity index (χ1) is 12.4. The van der Waals surface area contributed by atoms with E-state index in [4.69, 9.17) is 0 Å². The van der Waals surface area contributed by atoms with Gasteiger partial charge >= 0.3 is 0 Å². The van der Waals surface area contributed by atoms with Gasteiger partial charge in [-0.1, -0.05) is 35.9 Å². The smallest absolute Gasteiger partial charge is 0.215 e. The molecule has 0 aliphatic rings. The molecule has 3 rings (SSSR count). The topological polar surface area (TPSA) is 59.1 Å². The molecule has 0 saturated heterocycles. The minimum Gasteiger partial charge on any atom is -0.241 e. The van der Waals surface area contributed by atoms with Crippen molar-refractivity contribution in [1.29, 1.82) is 0 Å². The van der Waals surface area contributed by atoms with E-state index < -0.39 is 10.0 Å². The van der Waals surface area contributed by atoms with E-state index in [-0.39, 0.29) is 18.1 Å². The fourth-order valence-electron chi connectivity index (χ4n) is 2.52. The normalized spacial score (nSPS) is 11.6. The summed E-state index contributed by atoms with van der Waals surface area (Å²) < 4.78 is 39.7. The zero-order chi connectivity index (χ0) is 18.6. The molecular weight excluding hydrogens is 371 g/mol. The summed E-state index contributed by atoms with van der Waals surface area (Å²) in [6.07, 6.45) is 0.519. The Hall–Kier alpha value is -2.09. The average Bonchev–Trinajstić information content (AvgIpc) is 3.05. The largest absolute Gasteiger partial charge is 0.241 e. The van der Waals surface area contributed by atoms with Crippen molar-refractivity contribution < 1.29 is 12.8 Å². The lowest BCUT2D eigenvalue weighted by Crippen LogP contribution is -2.27. The molecule has 0 aliphatic heterocycles. The highest BCUT2D eigenvalue weighted by Crippen LogP contribution is 2.24. The number of sulfonamides is 1. The Morgan fingerprint density at radius 3 is 2.65 bits per heavy atom. The molecule has 0 spiro atoms. The molecule has 4 nitrogen and oxygen atoms in total. The van der Waals surface area contributed by atoms with Crippen LogP contribution in [0.25, 0.3) is 10.6 Å². The number of aryl methyl sites for hydroxylation is 1. The fraction of sp³-hybridized carbons (Fsp3) is 0.211. The zero-order valence-corrected chi connectivity index (χ0v) is 15.9. The maximum absolute atomic E-state index is 12.9. The van der Waals surface area contributed by atoms with Gasteiger partial charge < -0.3 is 0 Å². The summed E-state index contributed by atoms with van der Waals surface area (Å²) in [5.74, 6) is -0.550. The summed E-state index contributed by atoms with van der Waals surface area (Å²) in [5, 5.41) is 2.88. The van der Waals surface area contributed by atoms with Crippen LogP contribution in [0.4, 0.5) is 4.39 Å². The van der Waals surface area contributed by atoms with Crippen LogP contribution in [0.5, 0.6) is 0 Å². The van der Waals surface area contributed by atoms with Crippen molar-refractivity contribution in [3.8, 4) is 10.6 Å². The Morgan fingerprint density at radius 2 is 1.92 bits per heavy atom. The highest BCUT2D eigenvalue weighted by Gasteiger charge is 2.12. The van der Waals surface area contributed by atoms with E-state index in [1.807, 2.05) is 30.5 Å². The van der Waals surface area contributed by atoms with Crippen molar-refractivity contribution in [2.24, 2.45) is 0 Å². The number of hydrogen-bond acceptors (Lipinski definition) is 4. The van der Waals surface area contributed by atoms with Gasteiger partial charge in [-0.2, -0.15) is 0 Å². The van der Waals surface area contributed by atoms with Gasteiger partial charge in [0.15, 0.2) is 0 Å². The van der Waals surface area contributed by atoms with Crippen LogP contribution in [0.3, 0.4) is 0 Å². The molecule has 26 heavy (non-hydrogen) atoms. The second-order valence-corrected chi connectivity index (χ2v) is 8.71. The van der Waals surface area contributed by atoms with Crippen LogP contribution in [0.2, 0.25) is 0 Å². The number of thiazole rings is 1. The lowest BCUT2D eigenvalue weighted by molar-refractivity contribution is 0.580. The Balaban J connectivity index is 1.55. The summed E-state index contributed by atoms with van der Waals surface area (Å²) in [7, 11) is -3.47. The van der Waals surface area contributed by atoms with Crippen LogP contribution >= 0.6 is 11.3 Å². The van der Waals surface area contributed by atoms with Gasteiger partial charge in [0, 0.05) is 23.9 Å². The highest BCUT2D eigenvalue weighted by molar-refractivity contribution is 7.88. The first-order valence-electron chi connectivity index (χ1n) is 8.14. The lowest BCUT2D eigenvalue weighted by atomic mass is 10.1. The Bertz CT molecular complexity index is 983. The van der Waals surface area contributed by atoms with Crippen LogP contribution in [0.15, 0.2) is 53.9 Å². The summed E-state index contributed by atoms with van der Waals surface area (Å²) >= 11 is 1.55. The minimum atomic E-state index is -3.47. The summed E-state index contributed by atoms with van der Waals surface area (Å²) in [6, 6.07) is 13.6. The molecular formula is C19H19FN2O2S2. The first kappa shape index (κ1) is 18.7. The molecule has 1 heterocycles. The third-order valence-corrected chi connectivity index (χ3v) is 6.09. The maximum atomic E-state index is 12.9. The van der Waals surface area contributed by atoms with Gasteiger partial charge in [-0.25, -0.2) is 22.5 Å². The van der Waals surface area contributed by atoms with Crippen molar-refractivity contribution in [2.45, 2.75) is 19.1 Å². The molecule has 0 saturated carbocycles.